The monoisotopic (exact) mass is 792 g/mol. The summed E-state index contributed by atoms with van der Waals surface area (Å²) in [7, 11) is 2.91. The highest BCUT2D eigenvalue weighted by molar-refractivity contribution is 6.36. The van der Waals surface area contributed by atoms with Crippen LogP contribution in [0.2, 0.25) is 5.02 Å². The number of rotatable bonds is 13. The molecule has 2 aromatic heterocycles. The van der Waals surface area contributed by atoms with E-state index in [1.165, 1.54) is 7.11 Å². The van der Waals surface area contributed by atoms with Crippen LogP contribution in [0, 0.1) is 5.92 Å². The third kappa shape index (κ3) is 8.14. The minimum absolute atomic E-state index is 0.00774. The van der Waals surface area contributed by atoms with E-state index in [1.807, 2.05) is 55.5 Å². The van der Waals surface area contributed by atoms with Crippen molar-refractivity contribution in [2.45, 2.75) is 76.4 Å². The molecule has 7 rings (SSSR count). The summed E-state index contributed by atoms with van der Waals surface area (Å²) in [5.74, 6) is -0.746. The Morgan fingerprint density at radius 2 is 1.73 bits per heavy atom. The number of carboxylic acids is 1. The van der Waals surface area contributed by atoms with Gasteiger partial charge in [-0.3, -0.25) is 14.5 Å². The molecule has 0 saturated carbocycles. The molecule has 56 heavy (non-hydrogen) atoms. The molecule has 2 aromatic carbocycles. The van der Waals surface area contributed by atoms with Crippen molar-refractivity contribution in [3.63, 3.8) is 0 Å². The number of nitrogens with zero attached hydrogens (tertiary/aromatic N) is 3. The highest BCUT2D eigenvalue weighted by atomic mass is 35.5. The molecular formula is C41H44ClF3N6O5. The van der Waals surface area contributed by atoms with Crippen LogP contribution in [0.15, 0.2) is 54.6 Å². The van der Waals surface area contributed by atoms with Crippen molar-refractivity contribution in [2.75, 3.05) is 32.6 Å². The first kappa shape index (κ1) is 39.3. The number of nitrogens with one attached hydrogen (secondary N) is 3. The van der Waals surface area contributed by atoms with Gasteiger partial charge in [0, 0.05) is 60.9 Å². The normalized spacial score (nSPS) is 20.9. The molecule has 296 valence electrons. The van der Waals surface area contributed by atoms with Crippen LogP contribution in [0.4, 0.5) is 19.0 Å². The van der Waals surface area contributed by atoms with E-state index in [4.69, 9.17) is 26.1 Å². The van der Waals surface area contributed by atoms with Crippen LogP contribution in [0.25, 0.3) is 22.4 Å². The van der Waals surface area contributed by atoms with Crippen LogP contribution in [0.3, 0.4) is 0 Å². The van der Waals surface area contributed by atoms with Gasteiger partial charge < -0.3 is 30.5 Å². The molecule has 2 fully saturated rings. The lowest BCUT2D eigenvalue weighted by Gasteiger charge is -2.24. The second-order valence-electron chi connectivity index (χ2n) is 14.8. The number of amides is 1. The Labute approximate surface area is 328 Å². The van der Waals surface area contributed by atoms with E-state index in [1.54, 1.807) is 12.0 Å². The first-order valence-corrected chi connectivity index (χ1v) is 19.1. The molecule has 4 aromatic rings. The van der Waals surface area contributed by atoms with Gasteiger partial charge in [0.05, 0.1) is 36.5 Å². The Bertz CT molecular complexity index is 2130. The van der Waals surface area contributed by atoms with Crippen molar-refractivity contribution in [3.05, 3.63) is 87.4 Å². The van der Waals surface area contributed by atoms with E-state index in [0.29, 0.717) is 67.5 Å². The maximum atomic E-state index is 14.6. The number of alkyl halides is 3. The Kier molecular flexibility index (Phi) is 11.4. The zero-order valence-corrected chi connectivity index (χ0v) is 32.1. The number of ether oxygens (including phenoxy) is 2. The average Bonchev–Trinajstić information content (AvgIpc) is 3.89. The molecule has 4 N–H and O–H groups in total. The number of likely N-dealkylation sites (tertiary alicyclic amines) is 1. The maximum absolute atomic E-state index is 14.6. The molecule has 0 unspecified atom stereocenters. The fourth-order valence-corrected chi connectivity index (χ4v) is 8.56. The number of anilines is 1. The summed E-state index contributed by atoms with van der Waals surface area (Å²) in [6, 6.07) is 15.1. The largest absolute Gasteiger partial charge is 0.481 e. The average molecular weight is 793 g/mol. The maximum Gasteiger partial charge on any atom is 0.419 e. The highest BCUT2D eigenvalue weighted by Gasteiger charge is 2.39. The Balaban J connectivity index is 1.13. The number of benzene rings is 2. The van der Waals surface area contributed by atoms with Gasteiger partial charge in [0.15, 0.2) is 0 Å². The topological polar surface area (TPSA) is 138 Å². The second-order valence-corrected chi connectivity index (χ2v) is 15.1. The predicted octanol–water partition coefficient (Wildman–Crippen LogP) is 7.26. The number of carboxylic acid groups (broad SMARTS) is 1. The van der Waals surface area contributed by atoms with Crippen molar-refractivity contribution >= 4 is 29.3 Å². The molecule has 1 aliphatic carbocycles. The minimum atomic E-state index is -4.74. The van der Waals surface area contributed by atoms with E-state index in [0.717, 1.165) is 40.3 Å². The van der Waals surface area contributed by atoms with Gasteiger partial charge in [-0.2, -0.15) is 18.2 Å². The van der Waals surface area contributed by atoms with Crippen LogP contribution in [-0.4, -0.2) is 71.2 Å². The standard InChI is InChI=1S/C41H44ClF3N6O5/c1-22-16-34(40(53)54)51(20-22)21-24-17-31(41(43,44)45)37(50-39(24)56-3)48-32-14-12-27-26(6-4-7-28(27)32)29-8-5-9-30(36(29)42)33-13-10-23(38(49-33)55-2)18-46-19-25-11-15-35(52)47-25/h4-10,13,17,22,25,32,34,46H,11-12,14-16,18-21H2,1-3H3,(H,47,52)(H,48,50)(H,53,54)/t22-,25+,32+,34+/m1/s1. The van der Waals surface area contributed by atoms with Crippen molar-refractivity contribution < 1.29 is 37.3 Å². The number of carbonyl (C=O) groups is 2. The van der Waals surface area contributed by atoms with Crippen molar-refractivity contribution in [1.82, 2.24) is 25.5 Å². The van der Waals surface area contributed by atoms with Crippen molar-refractivity contribution in [2.24, 2.45) is 5.92 Å². The summed E-state index contributed by atoms with van der Waals surface area (Å²) in [4.78, 5) is 34.2. The van der Waals surface area contributed by atoms with E-state index >= 15 is 0 Å². The van der Waals surface area contributed by atoms with E-state index < -0.39 is 29.8 Å². The molecule has 4 heterocycles. The summed E-state index contributed by atoms with van der Waals surface area (Å²) in [6.45, 7) is 3.46. The first-order chi connectivity index (χ1) is 26.8. The quantitative estimate of drug-likeness (QED) is 0.110. The molecule has 11 nitrogen and oxygen atoms in total. The van der Waals surface area contributed by atoms with Gasteiger partial charge in [-0.1, -0.05) is 61.0 Å². The molecule has 0 bridgehead atoms. The van der Waals surface area contributed by atoms with Crippen molar-refractivity contribution in [3.8, 4) is 34.1 Å². The van der Waals surface area contributed by atoms with E-state index in [2.05, 4.69) is 20.9 Å². The van der Waals surface area contributed by atoms with Crippen LogP contribution in [0.1, 0.15) is 66.5 Å². The summed E-state index contributed by atoms with van der Waals surface area (Å²) < 4.78 is 55.1. The Morgan fingerprint density at radius 1 is 1.00 bits per heavy atom. The van der Waals surface area contributed by atoms with E-state index in [-0.39, 0.29) is 41.7 Å². The van der Waals surface area contributed by atoms with Gasteiger partial charge in [0.25, 0.3) is 0 Å². The lowest BCUT2D eigenvalue weighted by molar-refractivity contribution is -0.142. The number of aromatic nitrogens is 2. The summed E-state index contributed by atoms with van der Waals surface area (Å²) in [6.07, 6.45) is -1.89. The van der Waals surface area contributed by atoms with Gasteiger partial charge in [-0.05, 0) is 60.4 Å². The molecule has 1 amide bonds. The summed E-state index contributed by atoms with van der Waals surface area (Å²) >= 11 is 7.14. The molecule has 2 saturated heterocycles. The predicted molar refractivity (Wildman–Crippen MR) is 206 cm³/mol. The number of hydrogen-bond acceptors (Lipinski definition) is 9. The third-order valence-corrected chi connectivity index (χ3v) is 11.3. The number of fused-ring (bicyclic) bond motifs is 1. The van der Waals surface area contributed by atoms with Gasteiger partial charge in [0.2, 0.25) is 17.7 Å². The van der Waals surface area contributed by atoms with Gasteiger partial charge in [-0.25, -0.2) is 4.98 Å². The summed E-state index contributed by atoms with van der Waals surface area (Å²) in [5.41, 5.74) is 4.84. The fraction of sp³-hybridized carbons (Fsp3) is 0.415. The molecule has 0 radical (unpaired) electrons. The number of pyridine rings is 2. The zero-order valence-electron chi connectivity index (χ0n) is 31.3. The number of methoxy groups -OCH3 is 2. The molecule has 15 heteroatoms. The smallest absolute Gasteiger partial charge is 0.419 e. The molecule has 4 atom stereocenters. The Hall–Kier alpha value is -4.92. The summed E-state index contributed by atoms with van der Waals surface area (Å²) in [5, 5.41) is 19.6. The fourth-order valence-electron chi connectivity index (χ4n) is 8.24. The molecule has 0 spiro atoms. The third-order valence-electron chi connectivity index (χ3n) is 10.9. The SMILES string of the molecule is COc1nc(-c2cccc(-c3cccc4c3CC[C@@H]4Nc3nc(OC)c(CN4C[C@H](C)C[C@H]4C(=O)O)cc3C(F)(F)F)c2Cl)ccc1CNC[C@@H]1CCC(=O)N1. The van der Waals surface area contributed by atoms with Gasteiger partial charge in [0.1, 0.15) is 11.9 Å². The number of halogens is 4. The van der Waals surface area contributed by atoms with Gasteiger partial charge in [-0.15, -0.1) is 0 Å². The highest BCUT2D eigenvalue weighted by Crippen LogP contribution is 2.45. The Morgan fingerprint density at radius 3 is 2.45 bits per heavy atom. The van der Waals surface area contributed by atoms with Crippen LogP contribution in [-0.2, 0) is 35.3 Å². The van der Waals surface area contributed by atoms with Crippen LogP contribution >= 0.6 is 11.6 Å². The van der Waals surface area contributed by atoms with E-state index in [9.17, 15) is 27.9 Å². The van der Waals surface area contributed by atoms with Crippen LogP contribution < -0.4 is 25.4 Å². The zero-order chi connectivity index (χ0) is 39.7. The van der Waals surface area contributed by atoms with Crippen molar-refractivity contribution in [1.29, 1.82) is 0 Å². The lowest BCUT2D eigenvalue weighted by atomic mass is 9.94. The minimum Gasteiger partial charge on any atom is -0.481 e. The number of carbonyl (C=O) groups excluding carboxylic acids is 1. The number of hydrogen-bond donors (Lipinski definition) is 4. The van der Waals surface area contributed by atoms with Crippen LogP contribution in [0.5, 0.6) is 11.8 Å². The second kappa shape index (κ2) is 16.3. The van der Waals surface area contributed by atoms with Gasteiger partial charge >= 0.3 is 12.1 Å². The first-order valence-electron chi connectivity index (χ1n) is 18.7. The molecule has 2 aliphatic heterocycles. The molecular weight excluding hydrogens is 749 g/mol. The number of aliphatic carboxylic acids is 1. The molecule has 3 aliphatic rings. The lowest BCUT2D eigenvalue weighted by Crippen LogP contribution is -2.35.